The zero-order valence-corrected chi connectivity index (χ0v) is 14.9. The summed E-state index contributed by atoms with van der Waals surface area (Å²) in [7, 11) is -0.248. The second kappa shape index (κ2) is 7.01. The van der Waals surface area contributed by atoms with E-state index in [1.54, 1.807) is 7.11 Å². The van der Waals surface area contributed by atoms with Crippen LogP contribution in [0.2, 0.25) is 18.1 Å². The van der Waals surface area contributed by atoms with Gasteiger partial charge in [-0.15, -0.1) is 6.42 Å². The lowest BCUT2D eigenvalue weighted by molar-refractivity contribution is 0.157. The molecule has 0 aliphatic heterocycles. The highest BCUT2D eigenvalue weighted by atomic mass is 28.4. The smallest absolute Gasteiger partial charge is 0.193 e. The van der Waals surface area contributed by atoms with Crippen LogP contribution in [0.25, 0.3) is 0 Å². The van der Waals surface area contributed by atoms with Gasteiger partial charge in [0.25, 0.3) is 0 Å². The van der Waals surface area contributed by atoms with E-state index in [2.05, 4.69) is 39.8 Å². The van der Waals surface area contributed by atoms with Crippen LogP contribution in [0.1, 0.15) is 20.8 Å². The van der Waals surface area contributed by atoms with Crippen molar-refractivity contribution in [2.75, 3.05) is 13.7 Å². The molecule has 0 aliphatic rings. The first kappa shape index (κ1) is 17.6. The lowest BCUT2D eigenvalue weighted by Gasteiger charge is -2.37. The lowest BCUT2D eigenvalue weighted by Crippen LogP contribution is -2.45. The van der Waals surface area contributed by atoms with Gasteiger partial charge in [-0.25, -0.2) is 0 Å². The van der Waals surface area contributed by atoms with Crippen molar-refractivity contribution >= 4 is 8.32 Å². The molecule has 0 radical (unpaired) electrons. The third-order valence-electron chi connectivity index (χ3n) is 3.89. The zero-order valence-electron chi connectivity index (χ0n) is 13.9. The Morgan fingerprint density at radius 1 is 1.14 bits per heavy atom. The van der Waals surface area contributed by atoms with E-state index in [0.717, 1.165) is 11.5 Å². The minimum Gasteiger partial charge on any atom is -0.497 e. The highest BCUT2D eigenvalue weighted by Gasteiger charge is 2.39. The van der Waals surface area contributed by atoms with Gasteiger partial charge in [0.15, 0.2) is 8.32 Å². The molecule has 0 spiro atoms. The maximum atomic E-state index is 6.17. The van der Waals surface area contributed by atoms with Crippen molar-refractivity contribution in [2.24, 2.45) is 0 Å². The van der Waals surface area contributed by atoms with Gasteiger partial charge in [0.05, 0.1) is 7.11 Å². The van der Waals surface area contributed by atoms with Gasteiger partial charge in [-0.2, -0.15) is 0 Å². The number of hydrogen-bond donors (Lipinski definition) is 0. The summed E-state index contributed by atoms with van der Waals surface area (Å²) in [4.78, 5) is 0. The van der Waals surface area contributed by atoms with E-state index >= 15 is 0 Å². The van der Waals surface area contributed by atoms with E-state index < -0.39 is 8.32 Å². The largest absolute Gasteiger partial charge is 0.497 e. The van der Waals surface area contributed by atoms with Crippen molar-refractivity contribution in [2.45, 2.75) is 45.0 Å². The van der Waals surface area contributed by atoms with Crippen molar-refractivity contribution in [3.8, 4) is 23.8 Å². The van der Waals surface area contributed by atoms with Crippen molar-refractivity contribution < 1.29 is 13.9 Å². The van der Waals surface area contributed by atoms with Crippen molar-refractivity contribution in [3.63, 3.8) is 0 Å². The van der Waals surface area contributed by atoms with Crippen LogP contribution in [-0.4, -0.2) is 28.1 Å². The van der Waals surface area contributed by atoms with Gasteiger partial charge in [-0.1, -0.05) is 26.7 Å². The Hall–Kier alpha value is -1.44. The third kappa shape index (κ3) is 5.11. The summed E-state index contributed by atoms with van der Waals surface area (Å²) in [5, 5.41) is 0.127. The standard InChI is InChI=1S/C17H26O3Si/c1-8-14(20-21(6,7)17(2,3)4)13-19-16-11-9-15(18-5)10-12-16/h1,9-12,14H,13H2,2-7H3. The average Bonchev–Trinajstić information content (AvgIpc) is 2.42. The molecule has 0 fully saturated rings. The van der Waals surface area contributed by atoms with Gasteiger partial charge < -0.3 is 13.9 Å². The summed E-state index contributed by atoms with van der Waals surface area (Å²) >= 11 is 0. The van der Waals surface area contributed by atoms with E-state index in [-0.39, 0.29) is 11.1 Å². The van der Waals surface area contributed by atoms with Crippen LogP contribution in [-0.2, 0) is 4.43 Å². The fourth-order valence-corrected chi connectivity index (χ4v) is 2.69. The summed E-state index contributed by atoms with van der Waals surface area (Å²) in [5.41, 5.74) is 0. The Balaban J connectivity index is 2.61. The molecule has 4 heteroatoms. The number of terminal acetylenes is 1. The Morgan fingerprint density at radius 3 is 2.10 bits per heavy atom. The van der Waals surface area contributed by atoms with E-state index in [1.807, 2.05) is 24.3 Å². The average molecular weight is 306 g/mol. The van der Waals surface area contributed by atoms with E-state index in [9.17, 15) is 0 Å². The number of benzene rings is 1. The van der Waals surface area contributed by atoms with E-state index in [1.165, 1.54) is 0 Å². The van der Waals surface area contributed by atoms with Crippen LogP contribution < -0.4 is 9.47 Å². The minimum absolute atomic E-state index is 0.127. The van der Waals surface area contributed by atoms with Crippen LogP contribution in [0.3, 0.4) is 0 Å². The quantitative estimate of drug-likeness (QED) is 0.585. The Bertz CT molecular complexity index is 480. The van der Waals surface area contributed by atoms with Crippen LogP contribution in [0.15, 0.2) is 24.3 Å². The number of methoxy groups -OCH3 is 1. The third-order valence-corrected chi connectivity index (χ3v) is 8.38. The van der Waals surface area contributed by atoms with Crippen LogP contribution in [0.4, 0.5) is 0 Å². The molecule has 0 bridgehead atoms. The molecule has 0 amide bonds. The van der Waals surface area contributed by atoms with E-state index in [4.69, 9.17) is 20.3 Å². The number of hydrogen-bond acceptors (Lipinski definition) is 3. The normalized spacial score (nSPS) is 13.4. The maximum absolute atomic E-state index is 6.17. The molecule has 0 saturated heterocycles. The lowest BCUT2D eigenvalue weighted by atomic mass is 10.2. The van der Waals surface area contributed by atoms with Gasteiger partial charge in [-0.3, -0.25) is 0 Å². The zero-order chi connectivity index (χ0) is 16.1. The van der Waals surface area contributed by atoms with Crippen molar-refractivity contribution in [1.82, 2.24) is 0 Å². The first-order valence-electron chi connectivity index (χ1n) is 7.10. The monoisotopic (exact) mass is 306 g/mol. The van der Waals surface area contributed by atoms with Gasteiger partial charge in [0.2, 0.25) is 0 Å². The molecule has 116 valence electrons. The molecule has 0 saturated carbocycles. The van der Waals surface area contributed by atoms with Crippen LogP contribution in [0, 0.1) is 12.3 Å². The minimum atomic E-state index is -1.88. The number of rotatable bonds is 6. The molecule has 3 nitrogen and oxygen atoms in total. The molecule has 1 rings (SSSR count). The topological polar surface area (TPSA) is 27.7 Å². The van der Waals surface area contributed by atoms with Crippen molar-refractivity contribution in [1.29, 1.82) is 0 Å². The predicted molar refractivity (Wildman–Crippen MR) is 89.4 cm³/mol. The second-order valence-electron chi connectivity index (χ2n) is 6.52. The van der Waals surface area contributed by atoms with Gasteiger partial charge in [0.1, 0.15) is 24.2 Å². The highest BCUT2D eigenvalue weighted by Crippen LogP contribution is 2.37. The van der Waals surface area contributed by atoms with Gasteiger partial charge in [0, 0.05) is 0 Å². The molecule has 21 heavy (non-hydrogen) atoms. The van der Waals surface area contributed by atoms with Crippen LogP contribution >= 0.6 is 0 Å². The molecule has 1 unspecified atom stereocenters. The Kier molecular flexibility index (Phi) is 5.88. The molecule has 1 aromatic rings. The van der Waals surface area contributed by atoms with Crippen molar-refractivity contribution in [3.05, 3.63) is 24.3 Å². The summed E-state index contributed by atoms with van der Waals surface area (Å²) < 4.78 is 17.0. The first-order valence-corrected chi connectivity index (χ1v) is 10.0. The number of ether oxygens (including phenoxy) is 2. The Labute approximate surface area is 129 Å². The molecule has 1 aromatic carbocycles. The Morgan fingerprint density at radius 2 is 1.67 bits per heavy atom. The fraction of sp³-hybridized carbons (Fsp3) is 0.529. The molecule has 0 heterocycles. The second-order valence-corrected chi connectivity index (χ2v) is 11.3. The summed E-state index contributed by atoms with van der Waals surface area (Å²) in [6, 6.07) is 7.43. The molecule has 0 N–H and O–H groups in total. The molecular formula is C17H26O3Si. The summed E-state index contributed by atoms with van der Waals surface area (Å²) in [5.74, 6) is 4.24. The first-order chi connectivity index (χ1) is 9.69. The summed E-state index contributed by atoms with van der Waals surface area (Å²) in [6.45, 7) is 11.3. The van der Waals surface area contributed by atoms with Crippen LogP contribution in [0.5, 0.6) is 11.5 Å². The van der Waals surface area contributed by atoms with Gasteiger partial charge in [-0.05, 0) is 42.4 Å². The summed E-state index contributed by atoms with van der Waals surface area (Å²) in [6.07, 6.45) is 5.25. The van der Waals surface area contributed by atoms with Gasteiger partial charge >= 0.3 is 0 Å². The molecular weight excluding hydrogens is 280 g/mol. The molecule has 0 aliphatic carbocycles. The predicted octanol–water partition coefficient (Wildman–Crippen LogP) is 4.10. The fourth-order valence-electron chi connectivity index (χ4n) is 1.49. The maximum Gasteiger partial charge on any atom is 0.193 e. The molecule has 0 aromatic heterocycles. The highest BCUT2D eigenvalue weighted by molar-refractivity contribution is 6.74. The van der Waals surface area contributed by atoms with E-state index in [0.29, 0.717) is 6.61 Å². The molecule has 1 atom stereocenters. The SMILES string of the molecule is C#CC(COc1ccc(OC)cc1)O[Si](C)(C)C(C)(C)C.